The van der Waals surface area contributed by atoms with Crippen molar-refractivity contribution >= 4 is 12.0 Å². The second kappa shape index (κ2) is 9.90. The fraction of sp³-hybridized carbons (Fsp3) is 0.730. The molecule has 0 spiro atoms. The molecular weight excluding hydrogens is 548 g/mol. The van der Waals surface area contributed by atoms with Crippen LogP contribution in [0.15, 0.2) is 49.6 Å². The number of ether oxygens (including phenoxy) is 1. The van der Waals surface area contributed by atoms with Crippen LogP contribution >= 0.6 is 0 Å². The average molecular weight is 601 g/mol. The molecule has 0 saturated heterocycles. The molecule has 7 rings (SSSR count). The first kappa shape index (κ1) is 30.0. The molecule has 0 N–H and O–H groups in total. The highest BCUT2D eigenvalue weighted by Gasteiger charge is 2.72. The maximum atomic E-state index is 14.3. The van der Waals surface area contributed by atoms with Crippen LogP contribution in [-0.2, 0) is 4.74 Å². The van der Waals surface area contributed by atoms with E-state index in [2.05, 4.69) is 58.1 Å². The summed E-state index contributed by atoms with van der Waals surface area (Å²) in [5, 5.41) is 0. The van der Waals surface area contributed by atoms with Crippen molar-refractivity contribution in [1.82, 2.24) is 19.1 Å². The standard InChI is InChI=1S/C37H52N4O3/c1-24(2)25-10-15-37(31(42)40-20-18-38-22-40)17-16-35(6)26(30(25)37)8-9-28-34(5)13-12-29(44-32(43)41-21-19-39-23-41)33(3,4)27(34)11-14-36(28,35)7/h18-23,25-30H,1,8-17H2,2-7H3/t25-,26+,27-,28+,29-,30+,34-,35+,36+,37-/m0/s1. The van der Waals surface area contributed by atoms with Crippen LogP contribution < -0.4 is 0 Å². The number of imidazole rings is 2. The van der Waals surface area contributed by atoms with Crippen LogP contribution in [0.3, 0.4) is 0 Å². The van der Waals surface area contributed by atoms with E-state index in [1.54, 1.807) is 29.5 Å². The lowest BCUT2D eigenvalue weighted by Crippen LogP contribution is -2.67. The van der Waals surface area contributed by atoms with Crippen molar-refractivity contribution in [2.75, 3.05) is 0 Å². The molecule has 0 amide bonds. The molecule has 10 atom stereocenters. The minimum absolute atomic E-state index is 0.106. The summed E-state index contributed by atoms with van der Waals surface area (Å²) in [5.74, 6) is 2.61. The van der Waals surface area contributed by atoms with Gasteiger partial charge in [-0.15, -0.1) is 0 Å². The predicted molar refractivity (Wildman–Crippen MR) is 170 cm³/mol. The molecular formula is C37H52N4O3. The highest BCUT2D eigenvalue weighted by molar-refractivity contribution is 5.86. The van der Waals surface area contributed by atoms with Crippen LogP contribution in [0.4, 0.5) is 4.79 Å². The Hall–Kier alpha value is -2.70. The molecule has 0 aromatic carbocycles. The van der Waals surface area contributed by atoms with Crippen molar-refractivity contribution in [3.8, 4) is 0 Å². The summed E-state index contributed by atoms with van der Waals surface area (Å²) in [6, 6.07) is 0. The molecule has 0 aliphatic heterocycles. The van der Waals surface area contributed by atoms with Crippen LogP contribution in [0.5, 0.6) is 0 Å². The second-order valence-corrected chi connectivity index (χ2v) is 16.8. The van der Waals surface area contributed by atoms with Crippen LogP contribution in [0.1, 0.15) is 111 Å². The molecule has 2 heterocycles. The minimum Gasteiger partial charge on any atom is -0.445 e. The van der Waals surface area contributed by atoms with Gasteiger partial charge in [0.25, 0.3) is 0 Å². The van der Waals surface area contributed by atoms with Crippen LogP contribution in [-0.4, -0.2) is 37.2 Å². The van der Waals surface area contributed by atoms with Crippen LogP contribution in [0, 0.1) is 56.7 Å². The number of fused-ring (bicyclic) bond motifs is 7. The van der Waals surface area contributed by atoms with E-state index in [4.69, 9.17) is 4.74 Å². The summed E-state index contributed by atoms with van der Waals surface area (Å²) in [4.78, 5) is 35.6. The van der Waals surface area contributed by atoms with Crippen molar-refractivity contribution in [1.29, 1.82) is 0 Å². The van der Waals surface area contributed by atoms with Gasteiger partial charge in [-0.05, 0) is 117 Å². The summed E-state index contributed by atoms with van der Waals surface area (Å²) in [6.07, 6.45) is 20.5. The first-order valence-electron chi connectivity index (χ1n) is 17.2. The zero-order valence-corrected chi connectivity index (χ0v) is 27.7. The lowest BCUT2D eigenvalue weighted by Gasteiger charge is -2.72. The fourth-order valence-electron chi connectivity index (χ4n) is 12.9. The lowest BCUT2D eigenvalue weighted by atomic mass is 9.32. The molecule has 5 fully saturated rings. The molecule has 44 heavy (non-hydrogen) atoms. The number of rotatable bonds is 3. The maximum absolute atomic E-state index is 14.3. The number of carbonyl (C=O) groups is 2. The van der Waals surface area contributed by atoms with Crippen molar-refractivity contribution in [2.45, 2.75) is 112 Å². The van der Waals surface area contributed by atoms with Gasteiger partial charge in [0.1, 0.15) is 18.8 Å². The lowest BCUT2D eigenvalue weighted by molar-refractivity contribution is -0.244. The van der Waals surface area contributed by atoms with E-state index < -0.39 is 0 Å². The third-order valence-corrected chi connectivity index (χ3v) is 15.1. The number of hydrogen-bond donors (Lipinski definition) is 0. The van der Waals surface area contributed by atoms with E-state index in [1.807, 2.05) is 6.20 Å². The monoisotopic (exact) mass is 600 g/mol. The molecule has 2 aromatic heterocycles. The molecule has 7 heteroatoms. The van der Waals surface area contributed by atoms with Gasteiger partial charge >= 0.3 is 6.09 Å². The Labute approximate surface area is 263 Å². The van der Waals surface area contributed by atoms with Gasteiger partial charge in [0.2, 0.25) is 5.91 Å². The molecule has 0 bridgehead atoms. The Balaban J connectivity index is 1.20. The molecule has 5 aliphatic carbocycles. The second-order valence-electron chi connectivity index (χ2n) is 16.8. The van der Waals surface area contributed by atoms with E-state index in [9.17, 15) is 9.59 Å². The Morgan fingerprint density at radius 2 is 1.50 bits per heavy atom. The first-order valence-corrected chi connectivity index (χ1v) is 17.2. The largest absolute Gasteiger partial charge is 0.445 e. The highest BCUT2D eigenvalue weighted by Crippen LogP contribution is 2.77. The number of nitrogens with zero attached hydrogens (tertiary/aromatic N) is 4. The summed E-state index contributed by atoms with van der Waals surface area (Å²) < 4.78 is 9.42. The zero-order valence-electron chi connectivity index (χ0n) is 27.7. The van der Waals surface area contributed by atoms with E-state index in [0.717, 1.165) is 44.9 Å². The van der Waals surface area contributed by atoms with E-state index >= 15 is 0 Å². The topological polar surface area (TPSA) is 79.0 Å². The van der Waals surface area contributed by atoms with Crippen LogP contribution in [0.2, 0.25) is 0 Å². The molecule has 5 aliphatic rings. The van der Waals surface area contributed by atoms with Crippen molar-refractivity contribution < 1.29 is 14.3 Å². The Morgan fingerprint density at radius 1 is 0.795 bits per heavy atom. The molecule has 0 radical (unpaired) electrons. The SMILES string of the molecule is C=C(C)[C@@H]1CC[C@]2(C(=O)n3ccnc3)CC[C@]3(C)[C@H](CC[C@@H]4[C@@]5(C)CC[C@H](OC(=O)n6ccnc6)C(C)(C)[C@@H]5CC[C@]43C)[C@@H]12. The Morgan fingerprint density at radius 3 is 2.16 bits per heavy atom. The third kappa shape index (κ3) is 3.85. The van der Waals surface area contributed by atoms with Crippen molar-refractivity contribution in [3.63, 3.8) is 0 Å². The summed E-state index contributed by atoms with van der Waals surface area (Å²) >= 11 is 0. The average Bonchev–Trinajstić information content (AvgIpc) is 3.76. The van der Waals surface area contributed by atoms with E-state index in [1.165, 1.54) is 35.7 Å². The number of hydrogen-bond acceptors (Lipinski definition) is 5. The molecule has 0 unspecified atom stereocenters. The van der Waals surface area contributed by atoms with Gasteiger partial charge in [0, 0.05) is 30.2 Å². The first-order chi connectivity index (χ1) is 20.8. The van der Waals surface area contributed by atoms with Gasteiger partial charge in [-0.1, -0.05) is 46.8 Å². The van der Waals surface area contributed by atoms with Crippen molar-refractivity contribution in [2.24, 2.45) is 56.7 Å². The van der Waals surface area contributed by atoms with E-state index in [0.29, 0.717) is 29.6 Å². The highest BCUT2D eigenvalue weighted by atomic mass is 16.6. The molecule has 7 nitrogen and oxygen atoms in total. The van der Waals surface area contributed by atoms with Crippen LogP contribution in [0.25, 0.3) is 0 Å². The summed E-state index contributed by atoms with van der Waals surface area (Å²) in [7, 11) is 0. The maximum Gasteiger partial charge on any atom is 0.419 e. The van der Waals surface area contributed by atoms with Gasteiger partial charge in [0.05, 0.1) is 5.41 Å². The fourth-order valence-corrected chi connectivity index (χ4v) is 12.9. The van der Waals surface area contributed by atoms with Gasteiger partial charge in [-0.3, -0.25) is 9.36 Å². The third-order valence-electron chi connectivity index (χ3n) is 15.1. The quantitative estimate of drug-likeness (QED) is 0.330. The number of allylic oxidation sites excluding steroid dienone is 1. The summed E-state index contributed by atoms with van der Waals surface area (Å²) in [6.45, 7) is 19.2. The number of aromatic nitrogens is 4. The van der Waals surface area contributed by atoms with Gasteiger partial charge in [-0.25, -0.2) is 19.3 Å². The summed E-state index contributed by atoms with van der Waals surface area (Å²) in [5.41, 5.74) is 1.38. The van der Waals surface area contributed by atoms with Gasteiger partial charge in [-0.2, -0.15) is 0 Å². The number of carbonyl (C=O) groups excluding carboxylic acids is 2. The smallest absolute Gasteiger partial charge is 0.419 e. The van der Waals surface area contributed by atoms with E-state index in [-0.39, 0.29) is 45.2 Å². The van der Waals surface area contributed by atoms with Gasteiger partial charge in [0.15, 0.2) is 0 Å². The molecule has 2 aromatic rings. The molecule has 238 valence electrons. The van der Waals surface area contributed by atoms with Gasteiger partial charge < -0.3 is 4.74 Å². The Bertz CT molecular complexity index is 1450. The molecule has 5 saturated carbocycles. The zero-order chi connectivity index (χ0) is 31.3. The Kier molecular flexibility index (Phi) is 6.74. The predicted octanol–water partition coefficient (Wildman–Crippen LogP) is 8.43. The normalized spacial score (nSPS) is 44.0. The van der Waals surface area contributed by atoms with Crippen molar-refractivity contribution in [3.05, 3.63) is 49.6 Å². The minimum atomic E-state index is -0.322.